The van der Waals surface area contributed by atoms with Gasteiger partial charge in [0.05, 0.1) is 0 Å². The van der Waals surface area contributed by atoms with E-state index in [9.17, 15) is 0 Å². The molecule has 1 spiro atoms. The molecule has 2 fully saturated rings. The lowest BCUT2D eigenvalue weighted by Crippen LogP contribution is -2.54. The van der Waals surface area contributed by atoms with Crippen LogP contribution in [0.3, 0.4) is 0 Å². The van der Waals surface area contributed by atoms with Gasteiger partial charge in [0, 0.05) is 26.5 Å². The Kier molecular flexibility index (Phi) is 2.69. The minimum Gasteiger partial charge on any atom is -0.316 e. The van der Waals surface area contributed by atoms with Gasteiger partial charge < -0.3 is 10.6 Å². The van der Waals surface area contributed by atoms with E-state index in [1.54, 1.807) is 0 Å². The van der Waals surface area contributed by atoms with Crippen molar-refractivity contribution >= 4 is 0 Å². The van der Waals surface area contributed by atoms with Gasteiger partial charge in [-0.05, 0) is 13.0 Å². The summed E-state index contributed by atoms with van der Waals surface area (Å²) in [5.41, 5.74) is 0.694. The van der Waals surface area contributed by atoms with Gasteiger partial charge in [-0.15, -0.1) is 0 Å². The Morgan fingerprint density at radius 1 is 1.10 bits per heavy atom. The van der Waals surface area contributed by atoms with Crippen LogP contribution in [0, 0.1) is 5.41 Å². The monoisotopic (exact) mass is 144 g/mol. The van der Waals surface area contributed by atoms with E-state index in [0.29, 0.717) is 5.41 Å². The van der Waals surface area contributed by atoms with E-state index in [1.807, 2.05) is 13.8 Å². The molecule has 2 heteroatoms. The third-order valence-corrected chi connectivity index (χ3v) is 2.33. The van der Waals surface area contributed by atoms with Crippen LogP contribution >= 0.6 is 0 Å². The molecule has 2 nitrogen and oxygen atoms in total. The molecule has 0 aromatic carbocycles. The van der Waals surface area contributed by atoms with E-state index < -0.39 is 0 Å². The number of hydrogen-bond acceptors (Lipinski definition) is 2. The highest BCUT2D eigenvalue weighted by Gasteiger charge is 2.38. The predicted octanol–water partition coefficient (Wildman–Crippen LogP) is 0.841. The molecule has 10 heavy (non-hydrogen) atoms. The van der Waals surface area contributed by atoms with E-state index in [1.165, 1.54) is 32.6 Å². The van der Waals surface area contributed by atoms with Gasteiger partial charge in [0.2, 0.25) is 0 Å². The molecular weight excluding hydrogens is 124 g/mol. The Morgan fingerprint density at radius 3 is 1.90 bits per heavy atom. The topological polar surface area (TPSA) is 24.1 Å². The molecule has 0 unspecified atom stereocenters. The third kappa shape index (κ3) is 1.32. The molecule has 0 aromatic heterocycles. The molecule has 0 radical (unpaired) electrons. The largest absolute Gasteiger partial charge is 0.316 e. The van der Waals surface area contributed by atoms with Crippen molar-refractivity contribution in [1.82, 2.24) is 10.6 Å². The Bertz CT molecular complexity index is 94.3. The maximum atomic E-state index is 3.38. The second kappa shape index (κ2) is 3.35. The van der Waals surface area contributed by atoms with E-state index >= 15 is 0 Å². The smallest absolute Gasteiger partial charge is 0.00892 e. The molecule has 62 valence electrons. The summed E-state index contributed by atoms with van der Waals surface area (Å²) in [4.78, 5) is 0. The van der Waals surface area contributed by atoms with Crippen LogP contribution in [0.5, 0.6) is 0 Å². The van der Waals surface area contributed by atoms with Crippen molar-refractivity contribution in [3.63, 3.8) is 0 Å². The fourth-order valence-electron chi connectivity index (χ4n) is 1.58. The van der Waals surface area contributed by atoms with E-state index in [2.05, 4.69) is 10.6 Å². The van der Waals surface area contributed by atoms with Gasteiger partial charge in [-0.2, -0.15) is 0 Å². The van der Waals surface area contributed by atoms with Crippen molar-refractivity contribution in [2.75, 3.05) is 26.2 Å². The maximum absolute atomic E-state index is 3.38. The molecule has 2 rings (SSSR count). The molecular formula is C8H20N2. The molecule has 0 aliphatic carbocycles. The van der Waals surface area contributed by atoms with Crippen molar-refractivity contribution in [3.05, 3.63) is 0 Å². The summed E-state index contributed by atoms with van der Waals surface area (Å²) < 4.78 is 0. The average Bonchev–Trinajstić information content (AvgIpc) is 2.38. The summed E-state index contributed by atoms with van der Waals surface area (Å²) in [6.07, 6.45) is 1.39. The van der Waals surface area contributed by atoms with E-state index in [4.69, 9.17) is 0 Å². The van der Waals surface area contributed by atoms with Gasteiger partial charge in [-0.25, -0.2) is 0 Å². The summed E-state index contributed by atoms with van der Waals surface area (Å²) in [5.74, 6) is 0. The summed E-state index contributed by atoms with van der Waals surface area (Å²) in [6.45, 7) is 8.99. The first-order chi connectivity index (χ1) is 4.91. The van der Waals surface area contributed by atoms with Gasteiger partial charge in [0.15, 0.2) is 0 Å². The minimum absolute atomic E-state index is 0. The van der Waals surface area contributed by atoms with Gasteiger partial charge in [0.25, 0.3) is 0 Å². The predicted molar refractivity (Wildman–Crippen MR) is 46.3 cm³/mol. The first kappa shape index (κ1) is 8.02. The van der Waals surface area contributed by atoms with Crippen LogP contribution in [0.4, 0.5) is 0 Å². The molecule has 0 aromatic rings. The Morgan fingerprint density at radius 2 is 1.70 bits per heavy atom. The van der Waals surface area contributed by atoms with Crippen LogP contribution in [0.25, 0.3) is 0 Å². The summed E-state index contributed by atoms with van der Waals surface area (Å²) in [6, 6.07) is 0. The third-order valence-electron chi connectivity index (χ3n) is 2.33. The lowest BCUT2D eigenvalue weighted by Gasteiger charge is -2.38. The van der Waals surface area contributed by atoms with Crippen LogP contribution in [-0.2, 0) is 0 Å². The Labute approximate surface area is 64.9 Å². The number of hydrogen-bond donors (Lipinski definition) is 2. The van der Waals surface area contributed by atoms with Gasteiger partial charge in [0.1, 0.15) is 0 Å². The zero-order chi connectivity index (χ0) is 7.45. The normalized spacial score (nSPS) is 27.0. The summed E-state index contributed by atoms with van der Waals surface area (Å²) >= 11 is 0. The maximum Gasteiger partial charge on any atom is 0.00892 e. The van der Waals surface area contributed by atoms with E-state index in [-0.39, 0.29) is 1.43 Å². The first-order valence-corrected chi connectivity index (χ1v) is 4.33. The van der Waals surface area contributed by atoms with Crippen molar-refractivity contribution < 1.29 is 1.43 Å². The summed E-state index contributed by atoms with van der Waals surface area (Å²) in [7, 11) is 0. The molecule has 2 saturated heterocycles. The standard InChI is InChI=1S/C6H12N2.C2H6.H2/c1-2-7-3-6(1)4-8-5-6;1-2;/h7-8H,1-5H2;1-2H3;1H. The van der Waals surface area contributed by atoms with Crippen molar-refractivity contribution in [2.24, 2.45) is 5.41 Å². The minimum atomic E-state index is 0. The Hall–Kier alpha value is -0.0800. The number of nitrogens with one attached hydrogen (secondary N) is 2. The highest BCUT2D eigenvalue weighted by molar-refractivity contribution is 4.97. The molecule has 0 bridgehead atoms. The quantitative estimate of drug-likeness (QED) is 0.526. The molecule has 2 aliphatic heterocycles. The van der Waals surface area contributed by atoms with Gasteiger partial charge in [-0.1, -0.05) is 13.8 Å². The zero-order valence-electron chi connectivity index (χ0n) is 7.04. The highest BCUT2D eigenvalue weighted by atomic mass is 15.1. The van der Waals surface area contributed by atoms with E-state index in [0.717, 1.165) is 0 Å². The highest BCUT2D eigenvalue weighted by Crippen LogP contribution is 2.28. The van der Waals surface area contributed by atoms with Crippen LogP contribution in [0.1, 0.15) is 21.7 Å². The zero-order valence-corrected chi connectivity index (χ0v) is 7.04. The molecule has 2 N–H and O–H groups in total. The lowest BCUT2D eigenvalue weighted by atomic mass is 9.81. The second-order valence-electron chi connectivity index (χ2n) is 3.03. The lowest BCUT2D eigenvalue weighted by molar-refractivity contribution is 0.197. The fraction of sp³-hybridized carbons (Fsp3) is 1.00. The average molecular weight is 144 g/mol. The molecule has 2 aliphatic rings. The van der Waals surface area contributed by atoms with Crippen molar-refractivity contribution in [1.29, 1.82) is 0 Å². The van der Waals surface area contributed by atoms with Crippen molar-refractivity contribution in [3.8, 4) is 0 Å². The van der Waals surface area contributed by atoms with Crippen LogP contribution in [0.2, 0.25) is 0 Å². The van der Waals surface area contributed by atoms with Crippen molar-refractivity contribution in [2.45, 2.75) is 20.3 Å². The molecule has 0 saturated carbocycles. The van der Waals surface area contributed by atoms with Crippen LogP contribution < -0.4 is 10.6 Å². The Balaban J connectivity index is 0.000000311. The van der Waals surface area contributed by atoms with Gasteiger partial charge in [-0.3, -0.25) is 0 Å². The van der Waals surface area contributed by atoms with Crippen LogP contribution in [-0.4, -0.2) is 26.2 Å². The van der Waals surface area contributed by atoms with Crippen LogP contribution in [0.15, 0.2) is 0 Å². The summed E-state index contributed by atoms with van der Waals surface area (Å²) in [5, 5.41) is 6.68. The number of rotatable bonds is 0. The fourth-order valence-corrected chi connectivity index (χ4v) is 1.58. The second-order valence-corrected chi connectivity index (χ2v) is 3.03. The molecule has 0 amide bonds. The van der Waals surface area contributed by atoms with Gasteiger partial charge >= 0.3 is 0 Å². The molecule has 2 heterocycles. The SMILES string of the molecule is C1CC2(CN1)CNC2.CC.[HH]. The first-order valence-electron chi connectivity index (χ1n) is 4.33. The molecule has 0 atom stereocenters.